The van der Waals surface area contributed by atoms with E-state index in [1.54, 1.807) is 0 Å². The minimum atomic E-state index is -3.85. The first-order chi connectivity index (χ1) is 21.7. The topological polar surface area (TPSA) is 152 Å². The van der Waals surface area contributed by atoms with E-state index in [4.69, 9.17) is 13.8 Å². The van der Waals surface area contributed by atoms with Crippen LogP contribution in [0.15, 0.2) is 30.3 Å². The average molecular weight is 656 g/mol. The SMILES string of the molecule is CCCCCCCCCCCCCCCCOP(=O)(CC(=O)C[C@H]1O[C@H](CO)[C@@H](O)[C@H](O)[C@H]1NC(C)=O)OCc1ccccc1. The van der Waals surface area contributed by atoms with Crippen LogP contribution in [0.5, 0.6) is 0 Å². The van der Waals surface area contributed by atoms with Gasteiger partial charge in [0.2, 0.25) is 5.91 Å². The van der Waals surface area contributed by atoms with Gasteiger partial charge in [0.1, 0.15) is 30.3 Å². The predicted molar refractivity (Wildman–Crippen MR) is 175 cm³/mol. The number of aliphatic hydroxyl groups is 3. The van der Waals surface area contributed by atoms with Crippen LogP contribution in [0.3, 0.4) is 0 Å². The monoisotopic (exact) mass is 655 g/mol. The molecule has 1 amide bonds. The van der Waals surface area contributed by atoms with E-state index in [9.17, 15) is 29.5 Å². The van der Waals surface area contributed by atoms with Gasteiger partial charge in [0, 0.05) is 13.3 Å². The van der Waals surface area contributed by atoms with E-state index in [0.717, 1.165) is 24.8 Å². The van der Waals surface area contributed by atoms with Gasteiger partial charge in [0.25, 0.3) is 0 Å². The zero-order chi connectivity index (χ0) is 32.9. The van der Waals surface area contributed by atoms with E-state index >= 15 is 0 Å². The highest BCUT2D eigenvalue weighted by Crippen LogP contribution is 2.49. The minimum Gasteiger partial charge on any atom is -0.394 e. The van der Waals surface area contributed by atoms with Gasteiger partial charge in [-0.05, 0) is 12.0 Å². The molecule has 0 bridgehead atoms. The lowest BCUT2D eigenvalue weighted by Crippen LogP contribution is -2.64. The molecule has 2 rings (SSSR count). The Balaban J connectivity index is 1.82. The Hall–Kier alpha value is -1.65. The average Bonchev–Trinajstić information content (AvgIpc) is 3.02. The molecule has 1 aliphatic rings. The molecule has 0 aromatic heterocycles. The quantitative estimate of drug-likeness (QED) is 0.0752. The highest BCUT2D eigenvalue weighted by atomic mass is 31.2. The first-order valence-electron chi connectivity index (χ1n) is 17.0. The molecule has 1 aromatic rings. The zero-order valence-electron chi connectivity index (χ0n) is 27.4. The molecule has 1 aliphatic heterocycles. The summed E-state index contributed by atoms with van der Waals surface area (Å²) in [5.74, 6) is -0.990. The van der Waals surface area contributed by atoms with Crippen LogP contribution >= 0.6 is 7.60 Å². The molecule has 1 heterocycles. The van der Waals surface area contributed by atoms with Crippen molar-refractivity contribution < 1.29 is 43.3 Å². The van der Waals surface area contributed by atoms with E-state index < -0.39 is 62.5 Å². The van der Waals surface area contributed by atoms with E-state index in [-0.39, 0.29) is 19.6 Å². The lowest BCUT2D eigenvalue weighted by atomic mass is 9.90. The zero-order valence-corrected chi connectivity index (χ0v) is 28.3. The van der Waals surface area contributed by atoms with Gasteiger partial charge < -0.3 is 34.4 Å². The number of amides is 1. The maximum absolute atomic E-state index is 13.8. The van der Waals surface area contributed by atoms with E-state index in [0.29, 0.717) is 6.42 Å². The van der Waals surface area contributed by atoms with Crippen LogP contribution in [0.1, 0.15) is 116 Å². The Morgan fingerprint density at radius 1 is 0.822 bits per heavy atom. The number of ketones is 1. The van der Waals surface area contributed by atoms with Crippen molar-refractivity contribution >= 4 is 19.3 Å². The Labute approximate surface area is 270 Å². The van der Waals surface area contributed by atoms with Gasteiger partial charge in [-0.1, -0.05) is 121 Å². The third-order valence-corrected chi connectivity index (χ3v) is 10.1. The van der Waals surface area contributed by atoms with Gasteiger partial charge in [-0.25, -0.2) is 0 Å². The van der Waals surface area contributed by atoms with Crippen LogP contribution < -0.4 is 5.32 Å². The Kier molecular flexibility index (Phi) is 20.0. The van der Waals surface area contributed by atoms with Gasteiger partial charge in [-0.15, -0.1) is 0 Å². The molecule has 4 N–H and O–H groups in total. The fourth-order valence-corrected chi connectivity index (χ4v) is 7.23. The van der Waals surface area contributed by atoms with Crippen molar-refractivity contribution in [1.29, 1.82) is 0 Å². The summed E-state index contributed by atoms with van der Waals surface area (Å²) in [5, 5.41) is 32.9. The Bertz CT molecular complexity index is 995. The van der Waals surface area contributed by atoms with Crippen molar-refractivity contribution in [2.45, 2.75) is 147 Å². The van der Waals surface area contributed by atoms with Crippen molar-refractivity contribution in [3.63, 3.8) is 0 Å². The number of hydrogen-bond donors (Lipinski definition) is 4. The second-order valence-corrected chi connectivity index (χ2v) is 14.4. The largest absolute Gasteiger partial charge is 0.394 e. The van der Waals surface area contributed by atoms with Crippen molar-refractivity contribution in [1.82, 2.24) is 5.32 Å². The van der Waals surface area contributed by atoms with E-state index in [2.05, 4.69) is 12.2 Å². The third-order valence-electron chi connectivity index (χ3n) is 8.25. The fraction of sp³-hybridized carbons (Fsp3) is 0.765. The molecule has 1 aromatic carbocycles. The van der Waals surface area contributed by atoms with Crippen LogP contribution in [0.2, 0.25) is 0 Å². The number of hydrogen-bond acceptors (Lipinski definition) is 9. The van der Waals surface area contributed by atoms with Gasteiger partial charge in [-0.3, -0.25) is 14.2 Å². The van der Waals surface area contributed by atoms with Crippen molar-refractivity contribution in [2.24, 2.45) is 0 Å². The second kappa shape index (κ2) is 22.8. The Morgan fingerprint density at radius 2 is 1.38 bits per heavy atom. The number of carbonyl (C=O) groups excluding carboxylic acids is 2. The fourth-order valence-electron chi connectivity index (χ4n) is 5.66. The molecule has 1 fully saturated rings. The van der Waals surface area contributed by atoms with Crippen molar-refractivity contribution in [2.75, 3.05) is 19.4 Å². The second-order valence-electron chi connectivity index (χ2n) is 12.3. The van der Waals surface area contributed by atoms with Crippen LogP contribution in [0, 0.1) is 0 Å². The standard InChI is InChI=1S/C34H58NO9P/c1-3-4-5-6-7-8-9-10-11-12-13-14-15-19-22-42-45(41,43-25-28-20-17-16-18-21-28)26-29(38)23-30-32(35-27(2)37)34(40)33(39)31(24-36)44-30/h16-18,20-21,30-34,36,39-40H,3-15,19,22-26H2,1-2H3,(H,35,37)/t30-,31-,32+,33-,34-,45?/m1/s1. The number of Topliss-reactive ketones (excluding diaryl/α,β-unsaturated/α-hetero) is 1. The van der Waals surface area contributed by atoms with E-state index in [1.807, 2.05) is 30.3 Å². The summed E-state index contributed by atoms with van der Waals surface area (Å²) in [5.41, 5.74) is 0.787. The smallest absolute Gasteiger partial charge is 0.338 e. The number of aliphatic hydroxyl groups excluding tert-OH is 3. The molecular weight excluding hydrogens is 597 g/mol. The first kappa shape index (κ1) is 39.5. The van der Waals surface area contributed by atoms with E-state index in [1.165, 1.54) is 71.1 Å². The normalized spacial score (nSPS) is 23.0. The highest BCUT2D eigenvalue weighted by molar-refractivity contribution is 7.54. The summed E-state index contributed by atoms with van der Waals surface area (Å²) in [4.78, 5) is 24.9. The van der Waals surface area contributed by atoms with Gasteiger partial charge >= 0.3 is 7.60 Å². The van der Waals surface area contributed by atoms with Crippen molar-refractivity contribution in [3.8, 4) is 0 Å². The summed E-state index contributed by atoms with van der Waals surface area (Å²) in [6.45, 7) is 3.11. The third kappa shape index (κ3) is 16.1. The summed E-state index contributed by atoms with van der Waals surface area (Å²) < 4.78 is 30.9. The van der Waals surface area contributed by atoms with Crippen LogP contribution in [-0.2, 0) is 34.5 Å². The number of carbonyl (C=O) groups is 2. The molecule has 10 nitrogen and oxygen atoms in total. The molecular formula is C34H58NO9P. The predicted octanol–water partition coefficient (Wildman–Crippen LogP) is 5.84. The number of rotatable bonds is 25. The number of nitrogens with one attached hydrogen (secondary N) is 1. The van der Waals surface area contributed by atoms with Gasteiger partial charge in [0.15, 0.2) is 0 Å². The van der Waals surface area contributed by atoms with Crippen LogP contribution in [0.4, 0.5) is 0 Å². The number of unbranched alkanes of at least 4 members (excludes halogenated alkanes) is 13. The molecule has 1 unspecified atom stereocenters. The minimum absolute atomic E-state index is 0.01000. The maximum atomic E-state index is 13.8. The molecule has 11 heteroatoms. The number of ether oxygens (including phenoxy) is 1. The highest BCUT2D eigenvalue weighted by Gasteiger charge is 2.45. The molecule has 6 atom stereocenters. The lowest BCUT2D eigenvalue weighted by molar-refractivity contribution is -0.196. The maximum Gasteiger partial charge on any atom is 0.338 e. The molecule has 258 valence electrons. The van der Waals surface area contributed by atoms with Crippen LogP contribution in [0.25, 0.3) is 0 Å². The first-order valence-corrected chi connectivity index (χ1v) is 18.7. The summed E-state index contributed by atoms with van der Waals surface area (Å²) >= 11 is 0. The molecule has 0 spiro atoms. The summed E-state index contributed by atoms with van der Waals surface area (Å²) in [7, 11) is -3.85. The molecule has 0 radical (unpaired) electrons. The number of benzene rings is 1. The van der Waals surface area contributed by atoms with Crippen LogP contribution in [-0.4, -0.2) is 76.8 Å². The summed E-state index contributed by atoms with van der Waals surface area (Å²) in [6.07, 6.45) is 11.1. The summed E-state index contributed by atoms with van der Waals surface area (Å²) in [6, 6.07) is 8.10. The Morgan fingerprint density at radius 3 is 1.91 bits per heavy atom. The molecule has 1 saturated heterocycles. The van der Waals surface area contributed by atoms with Gasteiger partial charge in [0.05, 0.1) is 32.0 Å². The lowest BCUT2D eigenvalue weighted by Gasteiger charge is -2.42. The molecule has 0 aliphatic carbocycles. The molecule has 45 heavy (non-hydrogen) atoms. The molecule has 0 saturated carbocycles. The van der Waals surface area contributed by atoms with Crippen molar-refractivity contribution in [3.05, 3.63) is 35.9 Å². The van der Waals surface area contributed by atoms with Gasteiger partial charge in [-0.2, -0.15) is 0 Å².